The molecule has 1 fully saturated rings. The van der Waals surface area contributed by atoms with Gasteiger partial charge in [-0.1, -0.05) is 0 Å². The average molecular weight is 445 g/mol. The summed E-state index contributed by atoms with van der Waals surface area (Å²) in [6, 6.07) is 1.12. The second kappa shape index (κ2) is 9.71. The molecule has 8 nitrogen and oxygen atoms in total. The van der Waals surface area contributed by atoms with Crippen molar-refractivity contribution in [1.29, 1.82) is 0 Å². The summed E-state index contributed by atoms with van der Waals surface area (Å²) < 4.78 is 19.6. The van der Waals surface area contributed by atoms with Crippen molar-refractivity contribution in [2.45, 2.75) is 32.7 Å². The molecule has 164 valence electrons. The number of ether oxygens (including phenoxy) is 1. The van der Waals surface area contributed by atoms with Gasteiger partial charge in [0.15, 0.2) is 11.4 Å². The SMILES string of the molecule is Cc1nc2nc(N[C@@H](C)c3cncc(F)c3)nc(C(=O)CCCN3CCOCC3)c2s1. The van der Waals surface area contributed by atoms with Gasteiger partial charge in [0.05, 0.1) is 30.5 Å². The zero-order valence-corrected chi connectivity index (χ0v) is 18.4. The Hall–Kier alpha value is -2.56. The lowest BCUT2D eigenvalue weighted by Crippen LogP contribution is -2.36. The van der Waals surface area contributed by atoms with E-state index in [0.717, 1.165) is 50.5 Å². The van der Waals surface area contributed by atoms with Crippen molar-refractivity contribution in [3.8, 4) is 0 Å². The number of hydrogen-bond donors (Lipinski definition) is 1. The number of nitrogens with one attached hydrogen (secondary N) is 1. The number of fused-ring (bicyclic) bond motifs is 1. The molecule has 0 saturated carbocycles. The number of thiazole rings is 1. The number of aryl methyl sites for hydroxylation is 1. The third-order valence-electron chi connectivity index (χ3n) is 5.18. The van der Waals surface area contributed by atoms with Crippen LogP contribution in [0.1, 0.15) is 46.9 Å². The third kappa shape index (κ3) is 5.38. The summed E-state index contributed by atoms with van der Waals surface area (Å²) in [5, 5.41) is 3.98. The van der Waals surface area contributed by atoms with Crippen LogP contribution in [0, 0.1) is 12.7 Å². The molecule has 4 heterocycles. The summed E-state index contributed by atoms with van der Waals surface area (Å²) in [5.41, 5.74) is 1.56. The van der Waals surface area contributed by atoms with Gasteiger partial charge in [0.25, 0.3) is 0 Å². The van der Waals surface area contributed by atoms with Gasteiger partial charge in [-0.25, -0.2) is 14.4 Å². The number of anilines is 1. The number of nitrogens with zero attached hydrogens (tertiary/aromatic N) is 5. The molecular formula is C21H25FN6O2S. The van der Waals surface area contributed by atoms with Crippen molar-refractivity contribution in [1.82, 2.24) is 24.8 Å². The molecule has 0 amide bonds. The number of halogens is 1. The lowest BCUT2D eigenvalue weighted by Gasteiger charge is -2.26. The summed E-state index contributed by atoms with van der Waals surface area (Å²) >= 11 is 1.42. The van der Waals surface area contributed by atoms with E-state index in [0.29, 0.717) is 34.0 Å². The number of hydrogen-bond acceptors (Lipinski definition) is 9. The fourth-order valence-electron chi connectivity index (χ4n) is 3.53. The molecule has 1 N–H and O–H groups in total. The van der Waals surface area contributed by atoms with Crippen LogP contribution in [-0.2, 0) is 4.74 Å². The molecule has 1 atom stereocenters. The Morgan fingerprint density at radius 1 is 1.29 bits per heavy atom. The maximum atomic E-state index is 13.5. The van der Waals surface area contributed by atoms with Gasteiger partial charge in [0, 0.05) is 25.7 Å². The fraction of sp³-hybridized carbons (Fsp3) is 0.476. The number of pyridine rings is 1. The van der Waals surface area contributed by atoms with Crippen LogP contribution in [0.25, 0.3) is 10.3 Å². The second-order valence-electron chi connectivity index (χ2n) is 7.56. The molecule has 0 radical (unpaired) electrons. The van der Waals surface area contributed by atoms with Crippen LogP contribution in [0.15, 0.2) is 18.5 Å². The molecule has 0 spiro atoms. The summed E-state index contributed by atoms with van der Waals surface area (Å²) in [6.45, 7) is 7.90. The van der Waals surface area contributed by atoms with E-state index in [9.17, 15) is 9.18 Å². The minimum Gasteiger partial charge on any atom is -0.379 e. The molecular weight excluding hydrogens is 419 g/mol. The third-order valence-corrected chi connectivity index (χ3v) is 6.15. The first-order chi connectivity index (χ1) is 15.0. The Bertz CT molecular complexity index is 1070. The Kier molecular flexibility index (Phi) is 6.79. The van der Waals surface area contributed by atoms with Gasteiger partial charge in [-0.2, -0.15) is 4.98 Å². The maximum Gasteiger partial charge on any atom is 0.225 e. The molecule has 4 rings (SSSR count). The van der Waals surface area contributed by atoms with Crippen molar-refractivity contribution in [2.24, 2.45) is 0 Å². The average Bonchev–Trinajstić information content (AvgIpc) is 3.13. The highest BCUT2D eigenvalue weighted by Gasteiger charge is 2.20. The number of Topliss-reactive ketones (excluding diaryl/α,β-unsaturated/α-hetero) is 1. The van der Waals surface area contributed by atoms with Gasteiger partial charge < -0.3 is 10.1 Å². The molecule has 31 heavy (non-hydrogen) atoms. The molecule has 1 aliphatic rings. The Labute approximate surface area is 183 Å². The van der Waals surface area contributed by atoms with Crippen LogP contribution < -0.4 is 5.32 Å². The zero-order chi connectivity index (χ0) is 21.8. The van der Waals surface area contributed by atoms with Crippen molar-refractivity contribution in [2.75, 3.05) is 38.2 Å². The highest BCUT2D eigenvalue weighted by atomic mass is 32.1. The fourth-order valence-corrected chi connectivity index (χ4v) is 4.40. The molecule has 3 aromatic heterocycles. The van der Waals surface area contributed by atoms with Gasteiger partial charge in [0.2, 0.25) is 5.95 Å². The van der Waals surface area contributed by atoms with Gasteiger partial charge >= 0.3 is 0 Å². The van der Waals surface area contributed by atoms with E-state index in [1.807, 2.05) is 13.8 Å². The molecule has 0 aromatic carbocycles. The number of morpholine rings is 1. The van der Waals surface area contributed by atoms with Crippen molar-refractivity contribution in [3.05, 3.63) is 40.5 Å². The first-order valence-corrected chi connectivity index (χ1v) is 11.2. The number of carbonyl (C=O) groups excluding carboxylic acids is 1. The lowest BCUT2D eigenvalue weighted by molar-refractivity contribution is 0.0371. The molecule has 0 bridgehead atoms. The molecule has 0 unspecified atom stereocenters. The first kappa shape index (κ1) is 21.7. The smallest absolute Gasteiger partial charge is 0.225 e. The normalized spacial score (nSPS) is 15.8. The second-order valence-corrected chi connectivity index (χ2v) is 8.77. The molecule has 1 aliphatic heterocycles. The highest BCUT2D eigenvalue weighted by Crippen LogP contribution is 2.27. The number of rotatable bonds is 8. The summed E-state index contributed by atoms with van der Waals surface area (Å²) in [5.74, 6) is -0.132. The predicted molar refractivity (Wildman–Crippen MR) is 117 cm³/mol. The van der Waals surface area contributed by atoms with Crippen LogP contribution in [0.2, 0.25) is 0 Å². The van der Waals surface area contributed by atoms with Gasteiger partial charge in [-0.3, -0.25) is 14.7 Å². The van der Waals surface area contributed by atoms with E-state index in [1.165, 1.54) is 17.4 Å². The maximum absolute atomic E-state index is 13.5. The van der Waals surface area contributed by atoms with Crippen LogP contribution in [-0.4, -0.2) is 63.5 Å². The van der Waals surface area contributed by atoms with Gasteiger partial charge in [0.1, 0.15) is 16.2 Å². The molecule has 3 aromatic rings. The van der Waals surface area contributed by atoms with Crippen molar-refractivity contribution < 1.29 is 13.9 Å². The minimum absolute atomic E-state index is 0.0209. The summed E-state index contributed by atoms with van der Waals surface area (Å²) in [6.07, 6.45) is 3.91. The van der Waals surface area contributed by atoms with Gasteiger partial charge in [-0.05, 0) is 38.4 Å². The molecule has 1 saturated heterocycles. The lowest BCUT2D eigenvalue weighted by atomic mass is 10.1. The summed E-state index contributed by atoms with van der Waals surface area (Å²) in [7, 11) is 0. The van der Waals surface area contributed by atoms with E-state index in [4.69, 9.17) is 4.74 Å². The highest BCUT2D eigenvalue weighted by molar-refractivity contribution is 7.18. The monoisotopic (exact) mass is 444 g/mol. The van der Waals surface area contributed by atoms with Crippen LogP contribution >= 0.6 is 11.3 Å². The van der Waals surface area contributed by atoms with Crippen molar-refractivity contribution in [3.63, 3.8) is 0 Å². The number of carbonyl (C=O) groups is 1. The van der Waals surface area contributed by atoms with Crippen LogP contribution in [0.3, 0.4) is 0 Å². The van der Waals surface area contributed by atoms with E-state index < -0.39 is 5.82 Å². The standard InChI is InChI=1S/C21H25FN6O2S/c1-13(15-10-16(22)12-23-11-15)24-21-26-18(19-20(27-21)25-14(2)31-19)17(29)4-3-5-28-6-8-30-9-7-28/h10-13H,3-9H2,1-2H3,(H,24,26,27)/t13-/m0/s1. The predicted octanol–water partition coefficient (Wildman–Crippen LogP) is 3.40. The van der Waals surface area contributed by atoms with Crippen molar-refractivity contribution >= 4 is 33.4 Å². The van der Waals surface area contributed by atoms with E-state index in [-0.39, 0.29) is 11.8 Å². The van der Waals surface area contributed by atoms with Gasteiger partial charge in [-0.15, -0.1) is 11.3 Å². The Balaban J connectivity index is 1.50. The zero-order valence-electron chi connectivity index (χ0n) is 17.6. The largest absolute Gasteiger partial charge is 0.379 e. The Morgan fingerprint density at radius 3 is 2.87 bits per heavy atom. The quantitative estimate of drug-likeness (QED) is 0.529. The summed E-state index contributed by atoms with van der Waals surface area (Å²) in [4.78, 5) is 32.6. The van der Waals surface area contributed by atoms with E-state index in [1.54, 1.807) is 6.20 Å². The Morgan fingerprint density at radius 2 is 2.10 bits per heavy atom. The first-order valence-electron chi connectivity index (χ1n) is 10.3. The van der Waals surface area contributed by atoms with E-state index in [2.05, 4.69) is 30.2 Å². The van der Waals surface area contributed by atoms with Crippen LogP contribution in [0.4, 0.5) is 10.3 Å². The molecule has 10 heteroatoms. The van der Waals surface area contributed by atoms with Crippen LogP contribution in [0.5, 0.6) is 0 Å². The number of aromatic nitrogens is 4. The van der Waals surface area contributed by atoms with E-state index >= 15 is 0 Å². The molecule has 0 aliphatic carbocycles. The minimum atomic E-state index is -0.409. The number of ketones is 1. The topological polar surface area (TPSA) is 93.1 Å².